The van der Waals surface area contributed by atoms with Crippen LogP contribution in [0.5, 0.6) is 0 Å². The fraction of sp³-hybridized carbons (Fsp3) is 0.500. The van der Waals surface area contributed by atoms with Gasteiger partial charge in [-0.3, -0.25) is 14.5 Å². The largest absolute Gasteiger partial charge is 0.480 e. The molecule has 1 fully saturated rings. The number of aliphatic carboxylic acids is 1. The monoisotopic (exact) mass is 255 g/mol. The molecule has 1 aromatic rings. The number of carbonyl (C=O) groups is 2. The quantitative estimate of drug-likeness (QED) is 0.824. The van der Waals surface area contributed by atoms with Crippen molar-refractivity contribution in [2.24, 2.45) is 0 Å². The summed E-state index contributed by atoms with van der Waals surface area (Å²) in [5, 5.41) is 13.9. The van der Waals surface area contributed by atoms with Crippen molar-refractivity contribution >= 4 is 28.3 Å². The molecule has 7 heteroatoms. The maximum absolute atomic E-state index is 11.7. The first kappa shape index (κ1) is 12.0. The van der Waals surface area contributed by atoms with Gasteiger partial charge in [-0.05, 0) is 19.4 Å². The number of carbonyl (C=O) groups excluding carboxylic acids is 1. The second-order valence-electron chi connectivity index (χ2n) is 3.85. The Hall–Kier alpha value is -1.47. The van der Waals surface area contributed by atoms with E-state index < -0.39 is 12.0 Å². The lowest BCUT2D eigenvalue weighted by Crippen LogP contribution is -2.40. The highest BCUT2D eigenvalue weighted by Crippen LogP contribution is 2.17. The highest BCUT2D eigenvalue weighted by Gasteiger charge is 2.31. The molecular formula is C10H13N3O3S. The number of nitrogens with zero attached hydrogens (tertiary/aromatic N) is 2. The molecule has 1 unspecified atom stereocenters. The summed E-state index contributed by atoms with van der Waals surface area (Å²) in [5.74, 6) is -1.07. The number of hydrogen-bond acceptors (Lipinski definition) is 5. The van der Waals surface area contributed by atoms with E-state index in [2.05, 4.69) is 10.3 Å². The van der Waals surface area contributed by atoms with E-state index in [1.165, 1.54) is 11.3 Å². The van der Waals surface area contributed by atoms with Crippen LogP contribution in [0.3, 0.4) is 0 Å². The van der Waals surface area contributed by atoms with Crippen LogP contribution in [0.4, 0.5) is 5.13 Å². The van der Waals surface area contributed by atoms with Gasteiger partial charge in [0.25, 0.3) is 0 Å². The molecule has 2 heterocycles. The lowest BCUT2D eigenvalue weighted by Gasteiger charge is -2.19. The number of nitrogens with one attached hydrogen (secondary N) is 1. The van der Waals surface area contributed by atoms with Crippen LogP contribution in [0.15, 0.2) is 11.6 Å². The van der Waals surface area contributed by atoms with Crippen molar-refractivity contribution in [2.75, 3.05) is 18.4 Å². The lowest BCUT2D eigenvalue weighted by molar-refractivity contribution is -0.142. The van der Waals surface area contributed by atoms with Crippen molar-refractivity contribution < 1.29 is 14.7 Å². The number of likely N-dealkylation sites (tertiary alicyclic amines) is 1. The van der Waals surface area contributed by atoms with Crippen molar-refractivity contribution in [1.29, 1.82) is 0 Å². The van der Waals surface area contributed by atoms with Crippen LogP contribution in [0.1, 0.15) is 12.8 Å². The van der Waals surface area contributed by atoms with Gasteiger partial charge in [-0.15, -0.1) is 11.3 Å². The fourth-order valence-electron chi connectivity index (χ4n) is 1.92. The first-order valence-electron chi connectivity index (χ1n) is 5.33. The summed E-state index contributed by atoms with van der Waals surface area (Å²) >= 11 is 1.34. The molecule has 1 amide bonds. The Morgan fingerprint density at radius 1 is 1.65 bits per heavy atom. The Kier molecular flexibility index (Phi) is 3.70. The van der Waals surface area contributed by atoms with E-state index in [0.717, 1.165) is 6.42 Å². The lowest BCUT2D eigenvalue weighted by atomic mass is 10.2. The maximum atomic E-state index is 11.7. The first-order chi connectivity index (χ1) is 8.16. The zero-order valence-corrected chi connectivity index (χ0v) is 9.94. The van der Waals surface area contributed by atoms with E-state index in [0.29, 0.717) is 18.1 Å². The second-order valence-corrected chi connectivity index (χ2v) is 4.75. The maximum Gasteiger partial charge on any atom is 0.320 e. The predicted molar refractivity (Wildman–Crippen MR) is 63.0 cm³/mol. The SMILES string of the molecule is O=C(CN1CCCC1C(=O)O)Nc1nccs1. The standard InChI is InChI=1S/C10H13N3O3S/c14-8(12-10-11-3-5-17-10)6-13-4-1-2-7(13)9(15)16/h3,5,7H,1-2,4,6H2,(H,15,16)(H,11,12,14). The molecule has 2 rings (SSSR count). The van der Waals surface area contributed by atoms with Crippen LogP contribution in [-0.2, 0) is 9.59 Å². The summed E-state index contributed by atoms with van der Waals surface area (Å²) in [6, 6.07) is -0.531. The molecule has 6 nitrogen and oxygen atoms in total. The highest BCUT2D eigenvalue weighted by molar-refractivity contribution is 7.13. The van der Waals surface area contributed by atoms with Crippen molar-refractivity contribution in [3.63, 3.8) is 0 Å². The molecule has 0 aliphatic carbocycles. The molecule has 17 heavy (non-hydrogen) atoms. The van der Waals surface area contributed by atoms with Gasteiger partial charge < -0.3 is 10.4 Å². The number of amides is 1. The molecule has 1 saturated heterocycles. The molecule has 0 spiro atoms. The minimum atomic E-state index is -0.857. The van der Waals surface area contributed by atoms with E-state index in [4.69, 9.17) is 5.11 Å². The number of thiazole rings is 1. The van der Waals surface area contributed by atoms with Gasteiger partial charge in [0, 0.05) is 11.6 Å². The molecule has 0 aromatic carbocycles. The zero-order chi connectivity index (χ0) is 12.3. The van der Waals surface area contributed by atoms with E-state index >= 15 is 0 Å². The number of carboxylic acid groups (broad SMARTS) is 1. The number of carboxylic acids is 1. The van der Waals surface area contributed by atoms with Gasteiger partial charge in [0.15, 0.2) is 5.13 Å². The summed E-state index contributed by atoms with van der Waals surface area (Å²) in [7, 11) is 0. The highest BCUT2D eigenvalue weighted by atomic mass is 32.1. The van der Waals surface area contributed by atoms with Gasteiger partial charge in [0.05, 0.1) is 6.54 Å². The molecule has 0 bridgehead atoms. The summed E-state index contributed by atoms with van der Waals surface area (Å²) in [4.78, 5) is 28.2. The van der Waals surface area contributed by atoms with Crippen LogP contribution in [0.2, 0.25) is 0 Å². The van der Waals surface area contributed by atoms with Crippen molar-refractivity contribution in [2.45, 2.75) is 18.9 Å². The third-order valence-electron chi connectivity index (χ3n) is 2.67. The van der Waals surface area contributed by atoms with E-state index in [9.17, 15) is 9.59 Å². The summed E-state index contributed by atoms with van der Waals surface area (Å²) in [6.07, 6.45) is 3.04. The normalized spacial score (nSPS) is 20.4. The van der Waals surface area contributed by atoms with Crippen LogP contribution < -0.4 is 5.32 Å². The van der Waals surface area contributed by atoms with Crippen LogP contribution in [0.25, 0.3) is 0 Å². The Morgan fingerprint density at radius 3 is 3.12 bits per heavy atom. The van der Waals surface area contributed by atoms with E-state index in [1.54, 1.807) is 16.5 Å². The average molecular weight is 255 g/mol. The van der Waals surface area contributed by atoms with Crippen LogP contribution in [-0.4, -0.2) is 46.0 Å². The molecule has 1 aliphatic heterocycles. The minimum absolute atomic E-state index is 0.108. The molecule has 1 aromatic heterocycles. The van der Waals surface area contributed by atoms with Gasteiger partial charge in [0.1, 0.15) is 6.04 Å². The summed E-state index contributed by atoms with van der Waals surface area (Å²) in [5.41, 5.74) is 0. The molecule has 2 N–H and O–H groups in total. The predicted octanol–water partition coefficient (Wildman–Crippen LogP) is 0.631. The van der Waals surface area contributed by atoms with E-state index in [1.807, 2.05) is 0 Å². The minimum Gasteiger partial charge on any atom is -0.480 e. The number of hydrogen-bond donors (Lipinski definition) is 2. The van der Waals surface area contributed by atoms with Gasteiger partial charge in [-0.1, -0.05) is 0 Å². The number of anilines is 1. The van der Waals surface area contributed by atoms with Crippen molar-refractivity contribution in [3.8, 4) is 0 Å². The third kappa shape index (κ3) is 3.01. The fourth-order valence-corrected chi connectivity index (χ4v) is 2.47. The van der Waals surface area contributed by atoms with E-state index in [-0.39, 0.29) is 12.5 Å². The molecule has 92 valence electrons. The smallest absolute Gasteiger partial charge is 0.320 e. The Bertz CT molecular complexity index is 407. The molecular weight excluding hydrogens is 242 g/mol. The third-order valence-corrected chi connectivity index (χ3v) is 3.36. The first-order valence-corrected chi connectivity index (χ1v) is 6.21. The average Bonchev–Trinajstić information content (AvgIpc) is 2.88. The molecule has 1 atom stereocenters. The zero-order valence-electron chi connectivity index (χ0n) is 9.13. The second kappa shape index (κ2) is 5.24. The van der Waals surface area contributed by atoms with Crippen molar-refractivity contribution in [1.82, 2.24) is 9.88 Å². The van der Waals surface area contributed by atoms with Gasteiger partial charge in [-0.25, -0.2) is 4.98 Å². The van der Waals surface area contributed by atoms with Gasteiger partial charge in [-0.2, -0.15) is 0 Å². The van der Waals surface area contributed by atoms with Crippen LogP contribution >= 0.6 is 11.3 Å². The molecule has 0 radical (unpaired) electrons. The molecule has 0 saturated carbocycles. The summed E-state index contributed by atoms with van der Waals surface area (Å²) < 4.78 is 0. The summed E-state index contributed by atoms with van der Waals surface area (Å²) in [6.45, 7) is 0.763. The number of aromatic nitrogens is 1. The number of rotatable bonds is 4. The Balaban J connectivity index is 1.88. The topological polar surface area (TPSA) is 82.5 Å². The van der Waals surface area contributed by atoms with Crippen LogP contribution in [0, 0.1) is 0 Å². The molecule has 1 aliphatic rings. The van der Waals surface area contributed by atoms with Gasteiger partial charge in [0.2, 0.25) is 5.91 Å². The van der Waals surface area contributed by atoms with Gasteiger partial charge >= 0.3 is 5.97 Å². The van der Waals surface area contributed by atoms with Crippen molar-refractivity contribution in [3.05, 3.63) is 11.6 Å². The Labute approximate surface area is 102 Å². The Morgan fingerprint density at radius 2 is 2.47 bits per heavy atom.